The molecule has 0 saturated heterocycles. The van der Waals surface area contributed by atoms with E-state index in [9.17, 15) is 0 Å². The lowest BCUT2D eigenvalue weighted by Crippen LogP contribution is -2.16. The first-order valence-electron chi connectivity index (χ1n) is 8.02. The summed E-state index contributed by atoms with van der Waals surface area (Å²) >= 11 is 1.68. The first kappa shape index (κ1) is 17.5. The molecule has 0 unspecified atom stereocenters. The van der Waals surface area contributed by atoms with Crippen molar-refractivity contribution in [3.63, 3.8) is 0 Å². The molecule has 0 aliphatic carbocycles. The predicted molar refractivity (Wildman–Crippen MR) is 104 cm³/mol. The van der Waals surface area contributed by atoms with E-state index >= 15 is 0 Å². The van der Waals surface area contributed by atoms with Crippen LogP contribution in [0.2, 0.25) is 0 Å². The Balaban J connectivity index is 1.73. The quantitative estimate of drug-likeness (QED) is 0.525. The zero-order valence-corrected chi connectivity index (χ0v) is 14.9. The zero-order valence-electron chi connectivity index (χ0n) is 14.1. The average molecular weight is 357 g/mol. The number of hydrogen-bond acceptors (Lipinski definition) is 6. The molecule has 5 nitrogen and oxygen atoms in total. The van der Waals surface area contributed by atoms with E-state index in [-0.39, 0.29) is 5.57 Å². The topological polar surface area (TPSA) is 75.5 Å². The van der Waals surface area contributed by atoms with E-state index in [0.29, 0.717) is 5.69 Å². The highest BCUT2D eigenvalue weighted by Crippen LogP contribution is 2.45. The van der Waals surface area contributed by atoms with Crippen molar-refractivity contribution in [1.29, 1.82) is 10.5 Å². The standard InChI is InChI=1S/C20H15N5S/c1-2-25-18-5-3-4-6-19(18)26-20(25)14-23-24-17-9-7-15(8-10-17)11-16(12-21)13-22/h3-11,14H,2H2,1H3/b20-14-,24-23?. The SMILES string of the molecule is CCN1/C(=C/N=Nc2ccc(C=C(C#N)C#N)cc2)Sc2ccccc21. The van der Waals surface area contributed by atoms with Crippen molar-refractivity contribution in [2.45, 2.75) is 11.8 Å². The molecule has 1 heterocycles. The van der Waals surface area contributed by atoms with Gasteiger partial charge in [-0.15, -0.1) is 0 Å². The summed E-state index contributed by atoms with van der Waals surface area (Å²) in [4.78, 5) is 3.43. The van der Waals surface area contributed by atoms with Crippen molar-refractivity contribution in [1.82, 2.24) is 0 Å². The van der Waals surface area contributed by atoms with Crippen molar-refractivity contribution in [2.24, 2.45) is 10.2 Å². The highest BCUT2D eigenvalue weighted by atomic mass is 32.2. The minimum absolute atomic E-state index is 0.0709. The number of hydrogen-bond donors (Lipinski definition) is 0. The summed E-state index contributed by atoms with van der Waals surface area (Å²) in [6, 6.07) is 19.2. The molecule has 26 heavy (non-hydrogen) atoms. The lowest BCUT2D eigenvalue weighted by molar-refractivity contribution is 0.994. The molecule has 0 bridgehead atoms. The number of benzene rings is 2. The van der Waals surface area contributed by atoms with Crippen molar-refractivity contribution >= 4 is 29.2 Å². The normalized spacial score (nSPS) is 14.1. The third-order valence-electron chi connectivity index (χ3n) is 3.74. The fourth-order valence-electron chi connectivity index (χ4n) is 2.51. The number of rotatable bonds is 4. The number of para-hydroxylation sites is 1. The molecule has 1 aliphatic rings. The van der Waals surface area contributed by atoms with Crippen LogP contribution in [0, 0.1) is 22.7 Å². The van der Waals surface area contributed by atoms with Gasteiger partial charge in [0, 0.05) is 11.4 Å². The maximum atomic E-state index is 8.78. The van der Waals surface area contributed by atoms with Crippen LogP contribution in [0.3, 0.4) is 0 Å². The fourth-order valence-corrected chi connectivity index (χ4v) is 3.61. The first-order valence-corrected chi connectivity index (χ1v) is 8.84. The van der Waals surface area contributed by atoms with Gasteiger partial charge in [-0.1, -0.05) is 36.0 Å². The van der Waals surface area contributed by atoms with Gasteiger partial charge >= 0.3 is 0 Å². The Morgan fingerprint density at radius 2 is 1.85 bits per heavy atom. The Kier molecular flexibility index (Phi) is 5.48. The third-order valence-corrected chi connectivity index (χ3v) is 4.84. The number of fused-ring (bicyclic) bond motifs is 1. The minimum Gasteiger partial charge on any atom is -0.334 e. The third kappa shape index (κ3) is 3.83. The summed E-state index contributed by atoms with van der Waals surface area (Å²) in [6.07, 6.45) is 3.31. The molecule has 2 aromatic carbocycles. The van der Waals surface area contributed by atoms with Gasteiger partial charge in [0.2, 0.25) is 0 Å². The molecule has 3 rings (SSSR count). The van der Waals surface area contributed by atoms with E-state index in [0.717, 1.165) is 17.1 Å². The fraction of sp³-hybridized carbons (Fsp3) is 0.100. The largest absolute Gasteiger partial charge is 0.334 e. The number of anilines is 1. The summed E-state index contributed by atoms with van der Waals surface area (Å²) in [6.45, 7) is 2.98. The summed E-state index contributed by atoms with van der Waals surface area (Å²) in [7, 11) is 0. The molecule has 0 fully saturated rings. The Labute approximate surface area is 156 Å². The Morgan fingerprint density at radius 1 is 1.12 bits per heavy atom. The second-order valence-electron chi connectivity index (χ2n) is 5.37. The van der Waals surface area contributed by atoms with Crippen molar-refractivity contribution in [2.75, 3.05) is 11.4 Å². The number of allylic oxidation sites excluding steroid dienone is 1. The Morgan fingerprint density at radius 3 is 2.54 bits per heavy atom. The van der Waals surface area contributed by atoms with Gasteiger partial charge in [-0.2, -0.15) is 20.8 Å². The molecule has 0 spiro atoms. The summed E-state index contributed by atoms with van der Waals surface area (Å²) < 4.78 is 0. The van der Waals surface area contributed by atoms with Crippen LogP contribution in [-0.2, 0) is 0 Å². The van der Waals surface area contributed by atoms with Crippen LogP contribution in [0.15, 0.2) is 80.5 Å². The highest BCUT2D eigenvalue weighted by molar-refractivity contribution is 8.03. The Hall–Kier alpha value is -3.35. The maximum absolute atomic E-state index is 8.78. The number of nitriles is 2. The van der Waals surface area contributed by atoms with Crippen molar-refractivity contribution in [3.05, 3.63) is 70.9 Å². The van der Waals surface area contributed by atoms with Gasteiger partial charge in [0.15, 0.2) is 0 Å². The molecule has 0 radical (unpaired) electrons. The maximum Gasteiger partial charge on any atom is 0.130 e. The Bertz CT molecular complexity index is 958. The van der Waals surface area contributed by atoms with Gasteiger partial charge in [0.05, 0.1) is 17.6 Å². The number of nitrogens with zero attached hydrogens (tertiary/aromatic N) is 5. The lowest BCUT2D eigenvalue weighted by Gasteiger charge is -2.16. The van der Waals surface area contributed by atoms with Gasteiger partial charge in [0.1, 0.15) is 22.7 Å². The number of azo groups is 1. The second-order valence-corrected chi connectivity index (χ2v) is 6.43. The van der Waals surface area contributed by atoms with E-state index in [2.05, 4.69) is 34.2 Å². The summed E-state index contributed by atoms with van der Waals surface area (Å²) in [5, 5.41) is 27.0. The second kappa shape index (κ2) is 8.15. The predicted octanol–water partition coefficient (Wildman–Crippen LogP) is 5.63. The lowest BCUT2D eigenvalue weighted by atomic mass is 10.1. The summed E-state index contributed by atoms with van der Waals surface area (Å²) in [5.41, 5.74) is 2.75. The van der Waals surface area contributed by atoms with Gasteiger partial charge in [-0.05, 0) is 42.8 Å². The molecule has 0 aromatic heterocycles. The van der Waals surface area contributed by atoms with Crippen LogP contribution in [0.1, 0.15) is 12.5 Å². The van der Waals surface area contributed by atoms with Crippen LogP contribution >= 0.6 is 11.8 Å². The van der Waals surface area contributed by atoms with E-state index in [4.69, 9.17) is 10.5 Å². The number of thioether (sulfide) groups is 1. The van der Waals surface area contributed by atoms with E-state index in [1.807, 2.05) is 24.3 Å². The molecule has 2 aromatic rings. The van der Waals surface area contributed by atoms with E-state index < -0.39 is 0 Å². The van der Waals surface area contributed by atoms with Gasteiger partial charge in [0.25, 0.3) is 0 Å². The molecule has 126 valence electrons. The highest BCUT2D eigenvalue weighted by Gasteiger charge is 2.22. The van der Waals surface area contributed by atoms with Crippen LogP contribution < -0.4 is 4.90 Å². The van der Waals surface area contributed by atoms with Gasteiger partial charge in [-0.25, -0.2) is 0 Å². The average Bonchev–Trinajstić information content (AvgIpc) is 3.04. The smallest absolute Gasteiger partial charge is 0.130 e. The van der Waals surface area contributed by atoms with E-state index in [1.54, 1.807) is 42.2 Å². The monoisotopic (exact) mass is 357 g/mol. The van der Waals surface area contributed by atoms with Crippen LogP contribution in [0.5, 0.6) is 0 Å². The summed E-state index contributed by atoms with van der Waals surface area (Å²) in [5.74, 6) is 0. The van der Waals surface area contributed by atoms with Crippen LogP contribution in [0.25, 0.3) is 6.08 Å². The van der Waals surface area contributed by atoms with Crippen LogP contribution in [-0.4, -0.2) is 6.54 Å². The molecular weight excluding hydrogens is 342 g/mol. The van der Waals surface area contributed by atoms with Crippen molar-refractivity contribution < 1.29 is 0 Å². The molecule has 6 heteroatoms. The zero-order chi connectivity index (χ0) is 18.4. The molecule has 0 atom stereocenters. The van der Waals surface area contributed by atoms with Crippen molar-refractivity contribution in [3.8, 4) is 12.1 Å². The molecule has 1 aliphatic heterocycles. The van der Waals surface area contributed by atoms with Gasteiger partial charge < -0.3 is 4.90 Å². The minimum atomic E-state index is 0.0709. The van der Waals surface area contributed by atoms with Crippen LogP contribution in [0.4, 0.5) is 11.4 Å². The molecule has 0 saturated carbocycles. The molecule has 0 amide bonds. The van der Waals surface area contributed by atoms with E-state index in [1.165, 1.54) is 16.7 Å². The first-order chi connectivity index (χ1) is 12.7. The molecule has 0 N–H and O–H groups in total. The van der Waals surface area contributed by atoms with Gasteiger partial charge in [-0.3, -0.25) is 0 Å². The molecular formula is C20H15N5S.